The van der Waals surface area contributed by atoms with Crippen molar-refractivity contribution in [2.24, 2.45) is 0 Å². The summed E-state index contributed by atoms with van der Waals surface area (Å²) >= 11 is 1.76. The molecule has 2 saturated heterocycles. The third-order valence-corrected chi connectivity index (χ3v) is 6.24. The third-order valence-electron chi connectivity index (χ3n) is 5.08. The van der Waals surface area contributed by atoms with Crippen LogP contribution in [-0.4, -0.2) is 70.5 Å². The molecule has 0 radical (unpaired) electrons. The molecule has 0 aromatic carbocycles. The molecule has 3 heterocycles. The van der Waals surface area contributed by atoms with E-state index in [1.54, 1.807) is 11.8 Å². The second-order valence-electron chi connectivity index (χ2n) is 6.87. The Bertz CT molecular complexity index is 484. The molecule has 0 aliphatic carbocycles. The molecule has 2 fully saturated rings. The number of ether oxygens (including phenoxy) is 1. The maximum Gasteiger partial charge on any atom is 0.187 e. The van der Waals surface area contributed by atoms with Gasteiger partial charge in [0.15, 0.2) is 5.16 Å². The quantitative estimate of drug-likeness (QED) is 0.580. The highest BCUT2D eigenvalue weighted by Gasteiger charge is 2.25. The van der Waals surface area contributed by atoms with Gasteiger partial charge in [0.2, 0.25) is 0 Å². The first kappa shape index (κ1) is 18.1. The van der Waals surface area contributed by atoms with Crippen LogP contribution in [0.5, 0.6) is 0 Å². The van der Waals surface area contributed by atoms with Crippen LogP contribution in [0.4, 0.5) is 0 Å². The summed E-state index contributed by atoms with van der Waals surface area (Å²) in [6.45, 7) is 11.9. The van der Waals surface area contributed by atoms with Gasteiger partial charge in [0.25, 0.3) is 0 Å². The molecule has 1 aromatic rings. The third kappa shape index (κ3) is 5.15. The van der Waals surface area contributed by atoms with Gasteiger partial charge in [-0.15, -0.1) is 0 Å². The lowest BCUT2D eigenvalue weighted by Crippen LogP contribution is -2.51. The molecular formula is C18H30N4OS. The maximum atomic E-state index is 5.48. The molecule has 5 nitrogen and oxygen atoms in total. The summed E-state index contributed by atoms with van der Waals surface area (Å²) in [6.07, 6.45) is 7.55. The van der Waals surface area contributed by atoms with Crippen molar-refractivity contribution in [2.45, 2.75) is 56.1 Å². The van der Waals surface area contributed by atoms with Crippen molar-refractivity contribution in [3.05, 3.63) is 18.0 Å². The van der Waals surface area contributed by atoms with E-state index in [-0.39, 0.29) is 0 Å². The minimum absolute atomic E-state index is 0.578. The Morgan fingerprint density at radius 2 is 1.83 bits per heavy atom. The molecule has 1 atom stereocenters. The van der Waals surface area contributed by atoms with E-state index in [9.17, 15) is 0 Å². The molecule has 0 spiro atoms. The SMILES string of the molecule is CCC(C)Sc1ncc(CN2CCN(C3CCOCC3)CC2)cn1. The van der Waals surface area contributed by atoms with E-state index >= 15 is 0 Å². The van der Waals surface area contributed by atoms with Crippen molar-refractivity contribution in [3.63, 3.8) is 0 Å². The summed E-state index contributed by atoms with van der Waals surface area (Å²) in [4.78, 5) is 14.2. The van der Waals surface area contributed by atoms with Crippen LogP contribution in [0.25, 0.3) is 0 Å². The molecule has 0 saturated carbocycles. The average molecular weight is 351 g/mol. The smallest absolute Gasteiger partial charge is 0.187 e. The minimum Gasteiger partial charge on any atom is -0.381 e. The number of rotatable bonds is 6. The summed E-state index contributed by atoms with van der Waals surface area (Å²) in [5, 5.41) is 1.48. The van der Waals surface area contributed by atoms with E-state index in [1.165, 1.54) is 31.5 Å². The van der Waals surface area contributed by atoms with E-state index in [1.807, 2.05) is 12.4 Å². The van der Waals surface area contributed by atoms with Crippen molar-refractivity contribution >= 4 is 11.8 Å². The Morgan fingerprint density at radius 3 is 2.46 bits per heavy atom. The fourth-order valence-electron chi connectivity index (χ4n) is 3.34. The Morgan fingerprint density at radius 1 is 1.17 bits per heavy atom. The van der Waals surface area contributed by atoms with Gasteiger partial charge < -0.3 is 4.74 Å². The number of aromatic nitrogens is 2. The van der Waals surface area contributed by atoms with Gasteiger partial charge in [0.1, 0.15) is 0 Å². The number of hydrogen-bond donors (Lipinski definition) is 0. The normalized spacial score (nSPS) is 22.6. The largest absolute Gasteiger partial charge is 0.381 e. The summed E-state index contributed by atoms with van der Waals surface area (Å²) in [5.74, 6) is 0. The van der Waals surface area contributed by atoms with Crippen LogP contribution in [0, 0.1) is 0 Å². The van der Waals surface area contributed by atoms with Crippen molar-refractivity contribution in [1.29, 1.82) is 0 Å². The molecule has 6 heteroatoms. The molecular weight excluding hydrogens is 320 g/mol. The molecule has 0 N–H and O–H groups in total. The van der Waals surface area contributed by atoms with Crippen LogP contribution >= 0.6 is 11.8 Å². The van der Waals surface area contributed by atoms with Crippen LogP contribution < -0.4 is 0 Å². The molecule has 1 aromatic heterocycles. The molecule has 134 valence electrons. The molecule has 3 rings (SSSR count). The van der Waals surface area contributed by atoms with Crippen LogP contribution in [0.15, 0.2) is 17.6 Å². The fourth-order valence-corrected chi connectivity index (χ4v) is 4.10. The Hall–Kier alpha value is -0.690. The first-order valence-electron chi connectivity index (χ1n) is 9.26. The van der Waals surface area contributed by atoms with Crippen molar-refractivity contribution in [1.82, 2.24) is 19.8 Å². The van der Waals surface area contributed by atoms with Gasteiger partial charge in [-0.1, -0.05) is 25.6 Å². The Labute approximate surface area is 150 Å². The lowest BCUT2D eigenvalue weighted by Gasteiger charge is -2.40. The predicted octanol–water partition coefficient (Wildman–Crippen LogP) is 2.66. The monoisotopic (exact) mass is 350 g/mol. The number of hydrogen-bond acceptors (Lipinski definition) is 6. The summed E-state index contributed by atoms with van der Waals surface area (Å²) in [7, 11) is 0. The van der Waals surface area contributed by atoms with Crippen molar-refractivity contribution < 1.29 is 4.74 Å². The van der Waals surface area contributed by atoms with Crippen LogP contribution in [0.1, 0.15) is 38.7 Å². The van der Waals surface area contributed by atoms with E-state index in [2.05, 4.69) is 33.6 Å². The van der Waals surface area contributed by atoms with Crippen LogP contribution in [-0.2, 0) is 11.3 Å². The number of thioether (sulfide) groups is 1. The van der Waals surface area contributed by atoms with E-state index in [0.717, 1.165) is 50.5 Å². The van der Waals surface area contributed by atoms with Crippen molar-refractivity contribution in [2.75, 3.05) is 39.4 Å². The zero-order valence-electron chi connectivity index (χ0n) is 15.0. The van der Waals surface area contributed by atoms with Gasteiger partial charge in [-0.25, -0.2) is 9.97 Å². The molecule has 2 aliphatic rings. The van der Waals surface area contributed by atoms with Crippen molar-refractivity contribution in [3.8, 4) is 0 Å². The highest BCUT2D eigenvalue weighted by Crippen LogP contribution is 2.21. The van der Waals surface area contributed by atoms with E-state index in [0.29, 0.717) is 5.25 Å². The first-order chi connectivity index (χ1) is 11.7. The molecule has 0 amide bonds. The topological polar surface area (TPSA) is 41.5 Å². The number of nitrogens with zero attached hydrogens (tertiary/aromatic N) is 4. The summed E-state index contributed by atoms with van der Waals surface area (Å²) in [5.41, 5.74) is 1.23. The lowest BCUT2D eigenvalue weighted by atomic mass is 10.1. The molecule has 2 aliphatic heterocycles. The average Bonchev–Trinajstić information content (AvgIpc) is 2.64. The Balaban J connectivity index is 1.44. The standard InChI is InChI=1S/C18H30N4OS/c1-3-15(2)24-18-19-12-16(13-20-18)14-21-6-8-22(9-7-21)17-4-10-23-11-5-17/h12-13,15,17H,3-11,14H2,1-2H3. The first-order valence-corrected chi connectivity index (χ1v) is 10.1. The molecule has 1 unspecified atom stereocenters. The zero-order chi connectivity index (χ0) is 16.8. The van der Waals surface area contributed by atoms with Gasteiger partial charge in [-0.3, -0.25) is 9.80 Å². The van der Waals surface area contributed by atoms with Gasteiger partial charge in [0.05, 0.1) is 0 Å². The maximum absolute atomic E-state index is 5.48. The zero-order valence-corrected chi connectivity index (χ0v) is 15.8. The second kappa shape index (κ2) is 9.13. The van der Waals surface area contributed by atoms with Crippen LogP contribution in [0.3, 0.4) is 0 Å². The second-order valence-corrected chi connectivity index (χ2v) is 8.27. The predicted molar refractivity (Wildman–Crippen MR) is 98.3 cm³/mol. The highest BCUT2D eigenvalue weighted by molar-refractivity contribution is 7.99. The summed E-state index contributed by atoms with van der Waals surface area (Å²) < 4.78 is 5.48. The van der Waals surface area contributed by atoms with Gasteiger partial charge in [-0.05, 0) is 19.3 Å². The van der Waals surface area contributed by atoms with Crippen LogP contribution in [0.2, 0.25) is 0 Å². The molecule has 24 heavy (non-hydrogen) atoms. The van der Waals surface area contributed by atoms with E-state index in [4.69, 9.17) is 4.74 Å². The van der Waals surface area contributed by atoms with Gasteiger partial charge in [0, 0.05) is 75.2 Å². The molecule has 0 bridgehead atoms. The lowest BCUT2D eigenvalue weighted by molar-refractivity contribution is 0.0126. The number of piperazine rings is 1. The highest BCUT2D eigenvalue weighted by atomic mass is 32.2. The summed E-state index contributed by atoms with van der Waals surface area (Å²) in [6, 6.07) is 0.737. The van der Waals surface area contributed by atoms with Gasteiger partial charge >= 0.3 is 0 Å². The van der Waals surface area contributed by atoms with Gasteiger partial charge in [-0.2, -0.15) is 0 Å². The van der Waals surface area contributed by atoms with E-state index < -0.39 is 0 Å². The fraction of sp³-hybridized carbons (Fsp3) is 0.778. The Kier molecular flexibility index (Phi) is 6.89. The minimum atomic E-state index is 0.578.